The molecule has 0 bridgehead atoms. The van der Waals surface area contributed by atoms with Crippen LogP contribution in [-0.2, 0) is 10.1 Å². The number of nitrogens with one attached hydrogen (secondary N) is 2. The van der Waals surface area contributed by atoms with Crippen molar-refractivity contribution in [1.29, 1.82) is 0 Å². The van der Waals surface area contributed by atoms with Crippen LogP contribution in [0.15, 0.2) is 56.9 Å². The second-order valence-electron chi connectivity index (χ2n) is 7.44. The molecule has 0 radical (unpaired) electrons. The first kappa shape index (κ1) is 18.5. The number of hydrogen-bond donors (Lipinski definition) is 3. The summed E-state index contributed by atoms with van der Waals surface area (Å²) in [4.78, 5) is 32.0. The van der Waals surface area contributed by atoms with Crippen LogP contribution in [0.4, 0.5) is 0 Å². The van der Waals surface area contributed by atoms with Gasteiger partial charge in [0, 0.05) is 27.1 Å². The molecule has 0 amide bonds. The van der Waals surface area contributed by atoms with Gasteiger partial charge in [-0.15, -0.1) is 0 Å². The second-order valence-corrected chi connectivity index (χ2v) is 8.80. The van der Waals surface area contributed by atoms with E-state index in [0.29, 0.717) is 43.8 Å². The highest BCUT2D eigenvalue weighted by molar-refractivity contribution is 7.86. The molecular weight excluding hydrogens is 404 g/mol. The van der Waals surface area contributed by atoms with E-state index in [1.165, 1.54) is 0 Å². The van der Waals surface area contributed by atoms with Gasteiger partial charge in [-0.1, -0.05) is 12.1 Å². The van der Waals surface area contributed by atoms with Gasteiger partial charge in [-0.3, -0.25) is 14.1 Å². The molecule has 5 rings (SSSR count). The Morgan fingerprint density at radius 1 is 0.767 bits per heavy atom. The average molecular weight is 420 g/mol. The van der Waals surface area contributed by atoms with Gasteiger partial charge in [0.1, 0.15) is 4.90 Å². The van der Waals surface area contributed by atoms with Crippen LogP contribution < -0.4 is 10.9 Å². The normalized spacial score (nSPS) is 12.4. The van der Waals surface area contributed by atoms with Crippen molar-refractivity contribution < 1.29 is 13.0 Å². The number of hydrogen-bond acceptors (Lipinski definition) is 4. The Morgan fingerprint density at radius 3 is 2.03 bits per heavy atom. The largest absolute Gasteiger partial charge is 0.354 e. The van der Waals surface area contributed by atoms with E-state index in [4.69, 9.17) is 0 Å². The summed E-state index contributed by atoms with van der Waals surface area (Å²) in [5.41, 5.74) is 1.84. The van der Waals surface area contributed by atoms with Gasteiger partial charge >= 0.3 is 0 Å². The van der Waals surface area contributed by atoms with Crippen LogP contribution >= 0.6 is 0 Å². The number of H-pyrrole nitrogens is 2. The molecule has 30 heavy (non-hydrogen) atoms. The molecule has 3 aromatic carbocycles. The molecule has 0 aliphatic heterocycles. The topological polar surface area (TPSA) is 120 Å². The van der Waals surface area contributed by atoms with Crippen LogP contribution in [0.3, 0.4) is 0 Å². The van der Waals surface area contributed by atoms with Gasteiger partial charge in [0.15, 0.2) is 10.9 Å². The van der Waals surface area contributed by atoms with Crippen LogP contribution in [0, 0.1) is 13.8 Å². The Kier molecular flexibility index (Phi) is 3.71. The van der Waals surface area contributed by atoms with E-state index < -0.39 is 10.1 Å². The average Bonchev–Trinajstić information content (AvgIpc) is 2.68. The third kappa shape index (κ3) is 2.51. The Morgan fingerprint density at radius 2 is 1.37 bits per heavy atom. The van der Waals surface area contributed by atoms with E-state index >= 15 is 0 Å². The van der Waals surface area contributed by atoms with E-state index in [1.807, 2.05) is 6.07 Å². The van der Waals surface area contributed by atoms with Crippen molar-refractivity contribution in [2.24, 2.45) is 0 Å². The predicted octanol–water partition coefficient (Wildman–Crippen LogP) is 3.54. The van der Waals surface area contributed by atoms with Gasteiger partial charge in [-0.2, -0.15) is 8.42 Å². The molecule has 0 aliphatic rings. The first-order valence-electron chi connectivity index (χ1n) is 9.19. The second kappa shape index (κ2) is 6.01. The van der Waals surface area contributed by atoms with Crippen molar-refractivity contribution in [1.82, 2.24) is 9.97 Å². The maximum absolute atomic E-state index is 13.2. The number of rotatable bonds is 1. The summed E-state index contributed by atoms with van der Waals surface area (Å²) >= 11 is 0. The van der Waals surface area contributed by atoms with E-state index in [9.17, 15) is 22.6 Å². The predicted molar refractivity (Wildman–Crippen MR) is 117 cm³/mol. The highest BCUT2D eigenvalue weighted by Gasteiger charge is 2.22. The number of aromatic amines is 2. The highest BCUT2D eigenvalue weighted by atomic mass is 32.2. The lowest BCUT2D eigenvalue weighted by atomic mass is 10.0. The summed E-state index contributed by atoms with van der Waals surface area (Å²) in [6, 6.07) is 11.8. The number of pyridine rings is 2. The first-order chi connectivity index (χ1) is 14.2. The summed E-state index contributed by atoms with van der Waals surface area (Å²) < 4.78 is 33.9. The van der Waals surface area contributed by atoms with Gasteiger partial charge in [0.2, 0.25) is 0 Å². The number of aromatic nitrogens is 2. The molecule has 2 heterocycles. The van der Waals surface area contributed by atoms with Gasteiger partial charge < -0.3 is 9.97 Å². The van der Waals surface area contributed by atoms with E-state index in [2.05, 4.69) is 9.97 Å². The van der Waals surface area contributed by atoms with Gasteiger partial charge in [0.05, 0.1) is 16.6 Å². The Hall–Kier alpha value is -3.49. The van der Waals surface area contributed by atoms with E-state index in [0.717, 1.165) is 0 Å². The first-order valence-corrected chi connectivity index (χ1v) is 10.6. The quantitative estimate of drug-likeness (QED) is 0.283. The lowest BCUT2D eigenvalue weighted by Gasteiger charge is -2.12. The zero-order chi connectivity index (χ0) is 21.4. The smallest absolute Gasteiger partial charge is 0.296 e. The number of benzene rings is 3. The molecule has 0 saturated carbocycles. The monoisotopic (exact) mass is 420 g/mol. The molecule has 0 fully saturated rings. The fourth-order valence-electron chi connectivity index (χ4n) is 4.05. The van der Waals surface area contributed by atoms with Gasteiger partial charge in [-0.25, -0.2) is 0 Å². The van der Waals surface area contributed by atoms with Crippen molar-refractivity contribution in [3.8, 4) is 0 Å². The van der Waals surface area contributed by atoms with Crippen molar-refractivity contribution >= 4 is 53.7 Å². The number of aryl methyl sites for hydroxylation is 1. The van der Waals surface area contributed by atoms with Crippen molar-refractivity contribution in [2.45, 2.75) is 18.7 Å². The van der Waals surface area contributed by atoms with Crippen LogP contribution in [0.25, 0.3) is 43.6 Å². The molecule has 0 aliphatic carbocycles. The standard InChI is InChI=1S/C22H16N2O5S/c1-10-7-15-19(22(11(10)2)30(27,28)29)24-18-9-13-17(8-14(18)21(15)26)23-16-6-4-3-5-12(16)20(13)25/h3-9H,1-2H3,(H,23,25)(H,24,26)(H,27,28,29). The highest BCUT2D eigenvalue weighted by Crippen LogP contribution is 2.29. The van der Waals surface area contributed by atoms with Crippen molar-refractivity contribution in [2.75, 3.05) is 0 Å². The molecular formula is C22H16N2O5S. The molecule has 0 spiro atoms. The third-order valence-corrected chi connectivity index (χ3v) is 6.67. The number of fused-ring (bicyclic) bond motifs is 4. The van der Waals surface area contributed by atoms with Crippen LogP contribution in [0.1, 0.15) is 11.1 Å². The fourth-order valence-corrected chi connectivity index (χ4v) is 5.02. The minimum Gasteiger partial charge on any atom is -0.354 e. The maximum Gasteiger partial charge on any atom is 0.296 e. The Labute approximate surface area is 169 Å². The van der Waals surface area contributed by atoms with Crippen LogP contribution in [0.5, 0.6) is 0 Å². The lowest BCUT2D eigenvalue weighted by Crippen LogP contribution is -2.12. The Bertz CT molecular complexity index is 1780. The summed E-state index contributed by atoms with van der Waals surface area (Å²) in [6.07, 6.45) is 0. The molecule has 0 saturated heterocycles. The molecule has 3 N–H and O–H groups in total. The molecule has 5 aromatic rings. The number of para-hydroxylation sites is 1. The minimum absolute atomic E-state index is 0.0228. The summed E-state index contributed by atoms with van der Waals surface area (Å²) in [5, 5.41) is 1.34. The molecule has 7 nitrogen and oxygen atoms in total. The maximum atomic E-state index is 13.2. The molecule has 0 atom stereocenters. The van der Waals surface area contributed by atoms with Crippen molar-refractivity contribution in [3.63, 3.8) is 0 Å². The van der Waals surface area contributed by atoms with E-state index in [-0.39, 0.29) is 26.7 Å². The zero-order valence-electron chi connectivity index (χ0n) is 16.0. The SMILES string of the molecule is Cc1cc2c(=O)c3cc4[nH]c5ccccc5c(=O)c4cc3[nH]c2c(S(=O)(=O)O)c1C. The summed E-state index contributed by atoms with van der Waals surface area (Å²) in [5.74, 6) is 0. The van der Waals surface area contributed by atoms with Gasteiger partial charge in [0.25, 0.3) is 10.1 Å². The Balaban J connectivity index is 2.04. The molecule has 8 heteroatoms. The fraction of sp³-hybridized carbons (Fsp3) is 0.0909. The summed E-state index contributed by atoms with van der Waals surface area (Å²) in [6.45, 7) is 3.24. The molecule has 150 valence electrons. The van der Waals surface area contributed by atoms with Crippen molar-refractivity contribution in [3.05, 3.63) is 74.0 Å². The van der Waals surface area contributed by atoms with E-state index in [1.54, 1.807) is 50.2 Å². The van der Waals surface area contributed by atoms with Crippen LogP contribution in [-0.4, -0.2) is 22.9 Å². The van der Waals surface area contributed by atoms with Gasteiger partial charge in [-0.05, 0) is 55.3 Å². The lowest BCUT2D eigenvalue weighted by molar-refractivity contribution is 0.483. The summed E-state index contributed by atoms with van der Waals surface area (Å²) in [7, 11) is -4.59. The minimum atomic E-state index is -4.59. The molecule has 2 aromatic heterocycles. The molecule has 0 unspecified atom stereocenters. The van der Waals surface area contributed by atoms with Crippen LogP contribution in [0.2, 0.25) is 0 Å². The zero-order valence-corrected chi connectivity index (χ0v) is 16.8. The third-order valence-electron chi connectivity index (χ3n) is 5.64.